The molecule has 0 radical (unpaired) electrons. The van der Waals surface area contributed by atoms with Crippen molar-refractivity contribution in [1.29, 1.82) is 0 Å². The van der Waals surface area contributed by atoms with Crippen LogP contribution in [-0.2, 0) is 13.5 Å². The minimum absolute atomic E-state index is 0.224. The van der Waals surface area contributed by atoms with E-state index in [2.05, 4.69) is 36.7 Å². The minimum Gasteiger partial charge on any atom is -0.346 e. The number of hydrogen-bond donors (Lipinski definition) is 1. The number of fused-ring (bicyclic) bond motifs is 3. The van der Waals surface area contributed by atoms with Crippen LogP contribution in [0.1, 0.15) is 35.7 Å². The molecule has 0 fully saturated rings. The van der Waals surface area contributed by atoms with Gasteiger partial charge in [0.2, 0.25) is 0 Å². The number of benzene rings is 1. The molecule has 0 amide bonds. The molecule has 1 aromatic carbocycles. The van der Waals surface area contributed by atoms with Gasteiger partial charge in [0.1, 0.15) is 0 Å². The average molecular weight is 214 g/mol. The lowest BCUT2D eigenvalue weighted by Crippen LogP contribution is -2.19. The van der Waals surface area contributed by atoms with Gasteiger partial charge < -0.3 is 10.3 Å². The second-order valence-corrected chi connectivity index (χ2v) is 4.94. The molecule has 84 valence electrons. The highest BCUT2D eigenvalue weighted by Gasteiger charge is 2.23. The Morgan fingerprint density at radius 3 is 3.00 bits per heavy atom. The van der Waals surface area contributed by atoms with E-state index in [1.54, 1.807) is 0 Å². The summed E-state index contributed by atoms with van der Waals surface area (Å²) in [7, 11) is 2.14. The zero-order chi connectivity index (χ0) is 11.3. The van der Waals surface area contributed by atoms with E-state index in [0.717, 1.165) is 6.42 Å². The van der Waals surface area contributed by atoms with Crippen LogP contribution < -0.4 is 5.73 Å². The molecule has 16 heavy (non-hydrogen) atoms. The molecule has 3 rings (SSSR count). The van der Waals surface area contributed by atoms with E-state index in [-0.39, 0.29) is 6.04 Å². The molecule has 0 bridgehead atoms. The Morgan fingerprint density at radius 2 is 2.19 bits per heavy atom. The molecule has 1 heterocycles. The minimum atomic E-state index is 0.224. The lowest BCUT2D eigenvalue weighted by atomic mass is 9.92. The zero-order valence-corrected chi connectivity index (χ0v) is 9.96. The summed E-state index contributed by atoms with van der Waals surface area (Å²) < 4.78 is 2.29. The predicted molar refractivity (Wildman–Crippen MR) is 67.5 cm³/mol. The van der Waals surface area contributed by atoms with Crippen molar-refractivity contribution in [3.8, 4) is 0 Å². The van der Waals surface area contributed by atoms with Gasteiger partial charge in [-0.05, 0) is 43.9 Å². The molecule has 0 spiro atoms. The largest absolute Gasteiger partial charge is 0.346 e. The Bertz CT molecular complexity index is 551. The fourth-order valence-electron chi connectivity index (χ4n) is 3.02. The van der Waals surface area contributed by atoms with E-state index >= 15 is 0 Å². The van der Waals surface area contributed by atoms with E-state index in [9.17, 15) is 0 Å². The first-order chi connectivity index (χ1) is 7.68. The van der Waals surface area contributed by atoms with Gasteiger partial charge in [-0.3, -0.25) is 0 Å². The molecule has 2 heteroatoms. The van der Waals surface area contributed by atoms with Crippen LogP contribution in [0.2, 0.25) is 0 Å². The number of nitrogens with zero attached hydrogens (tertiary/aromatic N) is 1. The topological polar surface area (TPSA) is 30.9 Å². The van der Waals surface area contributed by atoms with Crippen molar-refractivity contribution < 1.29 is 0 Å². The molecule has 2 N–H and O–H groups in total. The molecular weight excluding hydrogens is 196 g/mol. The van der Waals surface area contributed by atoms with Gasteiger partial charge in [0.25, 0.3) is 0 Å². The number of nitrogens with two attached hydrogens (primary N) is 1. The number of aromatic nitrogens is 1. The lowest BCUT2D eigenvalue weighted by molar-refractivity contribution is 0.542. The first-order valence-electron chi connectivity index (χ1n) is 6.02. The van der Waals surface area contributed by atoms with E-state index in [1.807, 2.05) is 0 Å². The van der Waals surface area contributed by atoms with Gasteiger partial charge in [-0.2, -0.15) is 0 Å². The lowest BCUT2D eigenvalue weighted by Gasteiger charge is -2.20. The molecular formula is C14H18N2. The highest BCUT2D eigenvalue weighted by atomic mass is 15.0. The third-order valence-corrected chi connectivity index (χ3v) is 3.80. The number of rotatable bonds is 0. The van der Waals surface area contributed by atoms with Crippen LogP contribution in [0.15, 0.2) is 18.2 Å². The van der Waals surface area contributed by atoms with Crippen molar-refractivity contribution in [3.05, 3.63) is 35.0 Å². The molecule has 0 saturated carbocycles. The van der Waals surface area contributed by atoms with Gasteiger partial charge in [-0.1, -0.05) is 11.6 Å². The summed E-state index contributed by atoms with van der Waals surface area (Å²) in [5, 5.41) is 1.41. The van der Waals surface area contributed by atoms with Crippen molar-refractivity contribution in [1.82, 2.24) is 4.57 Å². The fraction of sp³-hybridized carbons (Fsp3) is 0.429. The molecule has 1 aliphatic carbocycles. The Kier molecular flexibility index (Phi) is 2.08. The molecule has 0 unspecified atom stereocenters. The van der Waals surface area contributed by atoms with E-state index in [1.165, 1.54) is 40.6 Å². The summed E-state index contributed by atoms with van der Waals surface area (Å²) in [5.74, 6) is 0. The molecule has 1 aliphatic rings. The predicted octanol–water partition coefficient (Wildman–Crippen LogP) is 2.82. The monoisotopic (exact) mass is 214 g/mol. The molecule has 1 atom stereocenters. The fourth-order valence-corrected chi connectivity index (χ4v) is 3.02. The summed E-state index contributed by atoms with van der Waals surface area (Å²) in [5.41, 5.74) is 11.7. The van der Waals surface area contributed by atoms with Crippen LogP contribution in [0.4, 0.5) is 0 Å². The summed E-state index contributed by atoms with van der Waals surface area (Å²) in [6.45, 7) is 2.15. The zero-order valence-electron chi connectivity index (χ0n) is 9.96. The first kappa shape index (κ1) is 9.91. The van der Waals surface area contributed by atoms with Gasteiger partial charge in [-0.25, -0.2) is 0 Å². The van der Waals surface area contributed by atoms with Gasteiger partial charge in [-0.15, -0.1) is 0 Å². The maximum Gasteiger partial charge on any atom is 0.0483 e. The summed E-state index contributed by atoms with van der Waals surface area (Å²) >= 11 is 0. The number of aryl methyl sites for hydroxylation is 3. The summed E-state index contributed by atoms with van der Waals surface area (Å²) in [6.07, 6.45) is 3.53. The SMILES string of the molecule is Cc1ccc2c(c1)c1c(n2C)[C@H](N)CCC1. The van der Waals surface area contributed by atoms with Crippen molar-refractivity contribution in [2.75, 3.05) is 0 Å². The third-order valence-electron chi connectivity index (χ3n) is 3.80. The molecule has 1 aromatic heterocycles. The Hall–Kier alpha value is -1.28. The van der Waals surface area contributed by atoms with Crippen LogP contribution >= 0.6 is 0 Å². The first-order valence-corrected chi connectivity index (χ1v) is 6.02. The van der Waals surface area contributed by atoms with Crippen molar-refractivity contribution in [2.24, 2.45) is 12.8 Å². The maximum absolute atomic E-state index is 6.23. The van der Waals surface area contributed by atoms with Gasteiger partial charge >= 0.3 is 0 Å². The van der Waals surface area contributed by atoms with E-state index < -0.39 is 0 Å². The Balaban J connectivity index is 2.39. The van der Waals surface area contributed by atoms with Crippen LogP contribution in [0, 0.1) is 6.92 Å². The highest BCUT2D eigenvalue weighted by molar-refractivity contribution is 5.86. The van der Waals surface area contributed by atoms with Gasteiger partial charge in [0, 0.05) is 29.7 Å². The van der Waals surface area contributed by atoms with Gasteiger partial charge in [0.05, 0.1) is 0 Å². The highest BCUT2D eigenvalue weighted by Crippen LogP contribution is 2.35. The van der Waals surface area contributed by atoms with Crippen molar-refractivity contribution >= 4 is 10.9 Å². The smallest absolute Gasteiger partial charge is 0.0483 e. The normalized spacial score (nSPS) is 20.1. The second-order valence-electron chi connectivity index (χ2n) is 4.94. The quantitative estimate of drug-likeness (QED) is 0.718. The van der Waals surface area contributed by atoms with Crippen LogP contribution in [-0.4, -0.2) is 4.57 Å². The van der Waals surface area contributed by atoms with Crippen molar-refractivity contribution in [3.63, 3.8) is 0 Å². The molecule has 2 aromatic rings. The summed E-state index contributed by atoms with van der Waals surface area (Å²) in [4.78, 5) is 0. The van der Waals surface area contributed by atoms with Crippen LogP contribution in [0.5, 0.6) is 0 Å². The maximum atomic E-state index is 6.23. The number of hydrogen-bond acceptors (Lipinski definition) is 1. The average Bonchev–Trinajstić information content (AvgIpc) is 2.54. The molecule has 2 nitrogen and oxygen atoms in total. The second kappa shape index (κ2) is 3.36. The Labute approximate surface area is 96.1 Å². The van der Waals surface area contributed by atoms with E-state index in [4.69, 9.17) is 5.73 Å². The van der Waals surface area contributed by atoms with Gasteiger partial charge in [0.15, 0.2) is 0 Å². The van der Waals surface area contributed by atoms with Crippen molar-refractivity contribution in [2.45, 2.75) is 32.2 Å². The Morgan fingerprint density at radius 1 is 1.38 bits per heavy atom. The standard InChI is InChI=1S/C14H18N2/c1-9-6-7-13-11(8-9)10-4-3-5-12(15)14(10)16(13)2/h6-8,12H,3-5,15H2,1-2H3/t12-/m1/s1. The third kappa shape index (κ3) is 1.23. The van der Waals surface area contributed by atoms with Crippen LogP contribution in [0.3, 0.4) is 0 Å². The molecule has 0 aliphatic heterocycles. The molecule has 0 saturated heterocycles. The van der Waals surface area contributed by atoms with E-state index in [0.29, 0.717) is 0 Å². The summed E-state index contributed by atoms with van der Waals surface area (Å²) in [6, 6.07) is 6.92. The van der Waals surface area contributed by atoms with Crippen LogP contribution in [0.25, 0.3) is 10.9 Å².